The molecule has 1 aromatic carbocycles. The molecule has 0 heterocycles. The summed E-state index contributed by atoms with van der Waals surface area (Å²) in [6.45, 7) is 2.01. The molecule has 1 N–H and O–H groups in total. The molecule has 0 radical (unpaired) electrons. The Balaban J connectivity index is 2.69. The number of carbonyl (C=O) groups excluding carboxylic acids is 1. The summed E-state index contributed by atoms with van der Waals surface area (Å²) in [4.78, 5) is 11.9. The fourth-order valence-corrected chi connectivity index (χ4v) is 1.54. The van der Waals surface area contributed by atoms with Gasteiger partial charge in [-0.15, -0.1) is 0 Å². The molecule has 1 aromatic rings. The van der Waals surface area contributed by atoms with Crippen LogP contribution in [-0.2, 0) is 0 Å². The topological polar surface area (TPSA) is 29.1 Å². The molecule has 64 valence electrons. The van der Waals surface area contributed by atoms with Gasteiger partial charge in [0, 0.05) is 11.9 Å². The van der Waals surface area contributed by atoms with Crippen molar-refractivity contribution >= 4 is 17.0 Å². The van der Waals surface area contributed by atoms with Crippen LogP contribution in [0, 0.1) is 6.92 Å². The molecule has 0 saturated heterocycles. The van der Waals surface area contributed by atoms with Crippen molar-refractivity contribution in [1.82, 2.24) is 5.32 Å². The van der Waals surface area contributed by atoms with Crippen LogP contribution in [0.1, 0.15) is 5.56 Å². The number of nitrogens with one attached hydrogen (secondary N) is 1. The highest BCUT2D eigenvalue weighted by atomic mass is 32.2. The summed E-state index contributed by atoms with van der Waals surface area (Å²) in [5.74, 6) is 0. The lowest BCUT2D eigenvalue weighted by Crippen LogP contribution is -2.10. The number of thioether (sulfide) groups is 1. The van der Waals surface area contributed by atoms with E-state index in [-0.39, 0.29) is 5.24 Å². The highest BCUT2D eigenvalue weighted by Gasteiger charge is 2.00. The summed E-state index contributed by atoms with van der Waals surface area (Å²) >= 11 is 1.21. The van der Waals surface area contributed by atoms with Crippen LogP contribution in [-0.4, -0.2) is 12.3 Å². The summed E-state index contributed by atoms with van der Waals surface area (Å²) in [5, 5.41) is 2.53. The van der Waals surface area contributed by atoms with Crippen molar-refractivity contribution in [2.75, 3.05) is 7.05 Å². The molecular weight excluding hydrogens is 170 g/mol. The minimum Gasteiger partial charge on any atom is -0.350 e. The second-order valence-electron chi connectivity index (χ2n) is 2.46. The summed E-state index contributed by atoms with van der Waals surface area (Å²) in [7, 11) is 1.63. The predicted octanol–water partition coefficient (Wildman–Crippen LogP) is 2.43. The van der Waals surface area contributed by atoms with E-state index in [1.54, 1.807) is 7.05 Å². The van der Waals surface area contributed by atoms with Gasteiger partial charge >= 0.3 is 0 Å². The Labute approximate surface area is 76.4 Å². The highest BCUT2D eigenvalue weighted by molar-refractivity contribution is 8.13. The molecule has 0 bridgehead atoms. The van der Waals surface area contributed by atoms with Gasteiger partial charge in [0.2, 0.25) is 0 Å². The van der Waals surface area contributed by atoms with Crippen LogP contribution in [0.25, 0.3) is 0 Å². The maximum absolute atomic E-state index is 10.9. The molecule has 0 spiro atoms. The molecule has 3 heteroatoms. The lowest BCUT2D eigenvalue weighted by Gasteiger charge is -1.99. The zero-order chi connectivity index (χ0) is 8.97. The third-order valence-corrected chi connectivity index (χ3v) is 2.28. The molecule has 0 saturated carbocycles. The van der Waals surface area contributed by atoms with Crippen molar-refractivity contribution in [2.45, 2.75) is 11.8 Å². The maximum Gasteiger partial charge on any atom is 0.283 e. The number of hydrogen-bond acceptors (Lipinski definition) is 2. The van der Waals surface area contributed by atoms with Crippen molar-refractivity contribution < 1.29 is 4.79 Å². The van der Waals surface area contributed by atoms with E-state index < -0.39 is 0 Å². The van der Waals surface area contributed by atoms with Gasteiger partial charge < -0.3 is 5.32 Å². The summed E-state index contributed by atoms with van der Waals surface area (Å²) in [5.41, 5.74) is 1.17. The van der Waals surface area contributed by atoms with Gasteiger partial charge in [-0.3, -0.25) is 4.79 Å². The van der Waals surface area contributed by atoms with E-state index in [9.17, 15) is 4.79 Å². The van der Waals surface area contributed by atoms with Crippen molar-refractivity contribution in [3.8, 4) is 0 Å². The van der Waals surface area contributed by atoms with Crippen molar-refractivity contribution in [3.63, 3.8) is 0 Å². The summed E-state index contributed by atoms with van der Waals surface area (Å²) in [6, 6.07) is 7.86. The number of aryl methyl sites for hydroxylation is 1. The standard InChI is InChI=1S/C9H11NOS/c1-7-4-3-5-8(6-7)12-9(11)10-2/h3-6H,1-2H3,(H,10,11). The van der Waals surface area contributed by atoms with E-state index in [2.05, 4.69) is 5.32 Å². The van der Waals surface area contributed by atoms with E-state index >= 15 is 0 Å². The van der Waals surface area contributed by atoms with Gasteiger partial charge in [-0.2, -0.15) is 0 Å². The Kier molecular flexibility index (Phi) is 3.17. The van der Waals surface area contributed by atoms with E-state index in [0.717, 1.165) is 4.90 Å². The zero-order valence-corrected chi connectivity index (χ0v) is 7.94. The second-order valence-corrected chi connectivity index (χ2v) is 3.50. The Morgan fingerprint density at radius 3 is 2.83 bits per heavy atom. The number of hydrogen-bond donors (Lipinski definition) is 1. The molecule has 1 amide bonds. The van der Waals surface area contributed by atoms with Gasteiger partial charge in [-0.1, -0.05) is 17.7 Å². The van der Waals surface area contributed by atoms with Gasteiger partial charge in [-0.25, -0.2) is 0 Å². The van der Waals surface area contributed by atoms with E-state index in [4.69, 9.17) is 0 Å². The molecule has 2 nitrogen and oxygen atoms in total. The first-order valence-electron chi connectivity index (χ1n) is 3.68. The van der Waals surface area contributed by atoms with Crippen LogP contribution in [0.5, 0.6) is 0 Å². The first kappa shape index (κ1) is 9.13. The molecular formula is C9H11NOS. The molecule has 0 unspecified atom stereocenters. The van der Waals surface area contributed by atoms with Crippen LogP contribution in [0.2, 0.25) is 0 Å². The molecule has 0 aliphatic carbocycles. The van der Waals surface area contributed by atoms with Gasteiger partial charge in [0.25, 0.3) is 5.24 Å². The van der Waals surface area contributed by atoms with Crippen molar-refractivity contribution in [3.05, 3.63) is 29.8 Å². The lowest BCUT2D eigenvalue weighted by atomic mass is 10.2. The van der Waals surface area contributed by atoms with Crippen molar-refractivity contribution in [1.29, 1.82) is 0 Å². The number of carbonyl (C=O) groups is 1. The van der Waals surface area contributed by atoms with E-state index in [1.165, 1.54) is 17.3 Å². The van der Waals surface area contributed by atoms with Crippen LogP contribution in [0.4, 0.5) is 4.79 Å². The highest BCUT2D eigenvalue weighted by Crippen LogP contribution is 2.18. The zero-order valence-electron chi connectivity index (χ0n) is 7.13. The number of amides is 1. The Morgan fingerprint density at radius 2 is 2.25 bits per heavy atom. The molecule has 0 aliphatic rings. The first-order valence-corrected chi connectivity index (χ1v) is 4.50. The van der Waals surface area contributed by atoms with Crippen LogP contribution in [0.3, 0.4) is 0 Å². The Bertz CT molecular complexity index is 286. The Hall–Kier alpha value is -0.960. The van der Waals surface area contributed by atoms with Gasteiger partial charge in [0.1, 0.15) is 0 Å². The van der Waals surface area contributed by atoms with Gasteiger partial charge in [0.15, 0.2) is 0 Å². The minimum atomic E-state index is -0.0272. The monoisotopic (exact) mass is 181 g/mol. The van der Waals surface area contributed by atoms with Crippen LogP contribution in [0.15, 0.2) is 29.2 Å². The third-order valence-electron chi connectivity index (χ3n) is 1.40. The average molecular weight is 181 g/mol. The van der Waals surface area contributed by atoms with Crippen molar-refractivity contribution in [2.24, 2.45) is 0 Å². The molecule has 0 aliphatic heterocycles. The molecule has 0 aromatic heterocycles. The third kappa shape index (κ3) is 2.58. The molecule has 1 rings (SSSR count). The predicted molar refractivity (Wildman–Crippen MR) is 51.5 cm³/mol. The maximum atomic E-state index is 10.9. The quantitative estimate of drug-likeness (QED) is 0.674. The minimum absolute atomic E-state index is 0.0272. The molecule has 12 heavy (non-hydrogen) atoms. The van der Waals surface area contributed by atoms with Crippen LogP contribution < -0.4 is 5.32 Å². The number of benzene rings is 1. The molecule has 0 atom stereocenters. The van der Waals surface area contributed by atoms with E-state index in [0.29, 0.717) is 0 Å². The van der Waals surface area contributed by atoms with Crippen LogP contribution >= 0.6 is 11.8 Å². The normalized spacial score (nSPS) is 9.50. The molecule has 0 fully saturated rings. The fourth-order valence-electron chi connectivity index (χ4n) is 0.837. The Morgan fingerprint density at radius 1 is 1.50 bits per heavy atom. The van der Waals surface area contributed by atoms with E-state index in [1.807, 2.05) is 31.2 Å². The fraction of sp³-hybridized carbons (Fsp3) is 0.222. The summed E-state index contributed by atoms with van der Waals surface area (Å²) in [6.07, 6.45) is 0. The SMILES string of the molecule is CNC(=O)Sc1cccc(C)c1. The second kappa shape index (κ2) is 4.16. The summed E-state index contributed by atoms with van der Waals surface area (Å²) < 4.78 is 0. The smallest absolute Gasteiger partial charge is 0.283 e. The number of rotatable bonds is 1. The lowest BCUT2D eigenvalue weighted by molar-refractivity contribution is 0.262. The average Bonchev–Trinajstić information content (AvgIpc) is 2.04. The largest absolute Gasteiger partial charge is 0.350 e. The van der Waals surface area contributed by atoms with Gasteiger partial charge in [0.05, 0.1) is 0 Å². The van der Waals surface area contributed by atoms with Gasteiger partial charge in [-0.05, 0) is 30.8 Å². The first-order chi connectivity index (χ1) is 5.72.